The van der Waals surface area contributed by atoms with Gasteiger partial charge in [0.2, 0.25) is 0 Å². The van der Waals surface area contributed by atoms with Crippen molar-refractivity contribution in [3.63, 3.8) is 0 Å². The second-order valence-corrected chi connectivity index (χ2v) is 9.41. The summed E-state index contributed by atoms with van der Waals surface area (Å²) in [5.41, 5.74) is 1.98. The molecule has 1 fully saturated rings. The van der Waals surface area contributed by atoms with E-state index in [1.807, 2.05) is 25.1 Å². The van der Waals surface area contributed by atoms with Crippen LogP contribution in [0.4, 0.5) is 10.8 Å². The highest BCUT2D eigenvalue weighted by molar-refractivity contribution is 7.22. The van der Waals surface area contributed by atoms with Crippen LogP contribution in [0.3, 0.4) is 0 Å². The second kappa shape index (κ2) is 9.47. The van der Waals surface area contributed by atoms with E-state index in [2.05, 4.69) is 4.98 Å². The van der Waals surface area contributed by atoms with Gasteiger partial charge in [0.25, 0.3) is 11.5 Å². The molecule has 0 aliphatic carbocycles. The van der Waals surface area contributed by atoms with Crippen LogP contribution < -0.4 is 9.64 Å². The molecule has 9 nitrogen and oxygen atoms in total. The molecule has 1 aliphatic rings. The van der Waals surface area contributed by atoms with Crippen LogP contribution in [0.1, 0.15) is 29.7 Å². The molecule has 5 rings (SSSR count). The summed E-state index contributed by atoms with van der Waals surface area (Å²) in [6.07, 6.45) is 0.823. The van der Waals surface area contributed by atoms with E-state index in [1.165, 1.54) is 41.5 Å². The Morgan fingerprint density at radius 3 is 2.57 bits per heavy atom. The number of nitrogens with zero attached hydrogens (tertiary/aromatic N) is 3. The number of ketones is 1. The average molecular weight is 516 g/mol. The molecule has 0 spiro atoms. The fourth-order valence-corrected chi connectivity index (χ4v) is 5.39. The molecule has 4 aromatic rings. The number of anilines is 1. The van der Waals surface area contributed by atoms with Crippen LogP contribution in [-0.2, 0) is 16.0 Å². The van der Waals surface area contributed by atoms with E-state index in [1.54, 1.807) is 30.3 Å². The number of thiazole rings is 1. The highest BCUT2D eigenvalue weighted by Crippen LogP contribution is 2.45. The van der Waals surface area contributed by atoms with Gasteiger partial charge in [0, 0.05) is 17.7 Å². The maximum atomic E-state index is 13.4. The molecule has 37 heavy (non-hydrogen) atoms. The highest BCUT2D eigenvalue weighted by atomic mass is 32.1. The lowest BCUT2D eigenvalue weighted by Gasteiger charge is -2.22. The zero-order valence-corrected chi connectivity index (χ0v) is 20.7. The molecule has 1 aliphatic heterocycles. The zero-order chi connectivity index (χ0) is 26.3. The predicted octanol–water partition coefficient (Wildman–Crippen LogP) is 5.40. The van der Waals surface area contributed by atoms with Crippen LogP contribution in [0.5, 0.6) is 5.75 Å². The van der Waals surface area contributed by atoms with Gasteiger partial charge in [-0.1, -0.05) is 36.5 Å². The Morgan fingerprint density at radius 2 is 1.89 bits per heavy atom. The Bertz CT molecular complexity index is 1590. The van der Waals surface area contributed by atoms with Crippen molar-refractivity contribution in [3.05, 3.63) is 99.1 Å². The summed E-state index contributed by atoms with van der Waals surface area (Å²) < 4.78 is 6.00. The number of methoxy groups -OCH3 is 1. The van der Waals surface area contributed by atoms with Gasteiger partial charge in [-0.25, -0.2) is 4.98 Å². The summed E-state index contributed by atoms with van der Waals surface area (Å²) in [5.74, 6) is -1.62. The number of aryl methyl sites for hydroxylation is 1. The SMILES string of the molecule is CCc1ccc2nc(N3C(=O)C(=O)/C(=C(/O)c4ccc(OC)cc4)[C@H]3c3cccc([N+](=O)[O-])c3)sc2c1. The van der Waals surface area contributed by atoms with E-state index in [-0.39, 0.29) is 16.4 Å². The summed E-state index contributed by atoms with van der Waals surface area (Å²) in [6.45, 7) is 2.03. The molecule has 186 valence electrons. The molecule has 0 unspecified atom stereocenters. The molecule has 1 saturated heterocycles. The van der Waals surface area contributed by atoms with Crippen molar-refractivity contribution in [1.29, 1.82) is 0 Å². The number of aromatic nitrogens is 1. The maximum absolute atomic E-state index is 13.4. The van der Waals surface area contributed by atoms with Crippen LogP contribution in [0.15, 0.2) is 72.3 Å². The number of benzene rings is 3. The Kier molecular flexibility index (Phi) is 6.18. The average Bonchev–Trinajstić information content (AvgIpc) is 3.45. The van der Waals surface area contributed by atoms with Gasteiger partial charge in [0.15, 0.2) is 5.13 Å². The van der Waals surface area contributed by atoms with Crippen molar-refractivity contribution in [2.24, 2.45) is 0 Å². The first-order valence-corrected chi connectivity index (χ1v) is 12.2. The van der Waals surface area contributed by atoms with E-state index < -0.39 is 28.4 Å². The molecule has 1 atom stereocenters. The molecule has 0 radical (unpaired) electrons. The number of aliphatic hydroxyl groups excluding tert-OH is 1. The van der Waals surface area contributed by atoms with Crippen LogP contribution in [-0.4, -0.2) is 33.8 Å². The third kappa shape index (κ3) is 4.21. The third-order valence-corrected chi connectivity index (χ3v) is 7.28. The number of hydrogen-bond acceptors (Lipinski definition) is 8. The fourth-order valence-electron chi connectivity index (χ4n) is 4.34. The van der Waals surface area contributed by atoms with Crippen LogP contribution in [0.25, 0.3) is 16.0 Å². The number of ether oxygens (including phenoxy) is 1. The van der Waals surface area contributed by atoms with Crippen molar-refractivity contribution in [2.45, 2.75) is 19.4 Å². The monoisotopic (exact) mass is 515 g/mol. The van der Waals surface area contributed by atoms with Gasteiger partial charge in [-0.15, -0.1) is 0 Å². The van der Waals surface area contributed by atoms with Gasteiger partial charge in [-0.05, 0) is 53.9 Å². The molecular formula is C27H21N3O6S. The maximum Gasteiger partial charge on any atom is 0.301 e. The lowest BCUT2D eigenvalue weighted by atomic mass is 9.95. The summed E-state index contributed by atoms with van der Waals surface area (Å²) in [7, 11) is 1.50. The number of nitro benzene ring substituents is 1. The first-order valence-electron chi connectivity index (χ1n) is 11.4. The van der Waals surface area contributed by atoms with Crippen LogP contribution in [0.2, 0.25) is 0 Å². The normalized spacial score (nSPS) is 16.9. The fraction of sp³-hybridized carbons (Fsp3) is 0.148. The molecule has 1 amide bonds. The Labute approximate surface area is 215 Å². The van der Waals surface area contributed by atoms with Gasteiger partial charge in [0.1, 0.15) is 11.5 Å². The smallest absolute Gasteiger partial charge is 0.301 e. The highest BCUT2D eigenvalue weighted by Gasteiger charge is 2.48. The number of fused-ring (bicyclic) bond motifs is 1. The minimum absolute atomic E-state index is 0.177. The predicted molar refractivity (Wildman–Crippen MR) is 140 cm³/mol. The number of carbonyl (C=O) groups is 2. The van der Waals surface area contributed by atoms with Crippen molar-refractivity contribution in [3.8, 4) is 5.75 Å². The molecule has 10 heteroatoms. The summed E-state index contributed by atoms with van der Waals surface area (Å²) >= 11 is 1.24. The topological polar surface area (TPSA) is 123 Å². The molecule has 3 aromatic carbocycles. The van der Waals surface area contributed by atoms with Gasteiger partial charge in [-0.2, -0.15) is 0 Å². The van der Waals surface area contributed by atoms with Crippen molar-refractivity contribution < 1.29 is 24.4 Å². The molecule has 1 aromatic heterocycles. The number of aliphatic hydroxyl groups is 1. The number of amides is 1. The van der Waals surface area contributed by atoms with E-state index in [9.17, 15) is 24.8 Å². The molecular weight excluding hydrogens is 494 g/mol. The van der Waals surface area contributed by atoms with Crippen LogP contribution >= 0.6 is 11.3 Å². The van der Waals surface area contributed by atoms with Crippen LogP contribution in [0, 0.1) is 10.1 Å². The van der Waals surface area contributed by atoms with Gasteiger partial charge in [0.05, 0.1) is 33.9 Å². The third-order valence-electron chi connectivity index (χ3n) is 6.26. The zero-order valence-electron chi connectivity index (χ0n) is 19.9. The molecule has 0 saturated carbocycles. The minimum Gasteiger partial charge on any atom is -0.507 e. The van der Waals surface area contributed by atoms with Gasteiger partial charge < -0.3 is 9.84 Å². The summed E-state index contributed by atoms with van der Waals surface area (Å²) in [5, 5.41) is 23.0. The number of nitro groups is 1. The minimum atomic E-state index is -1.12. The number of hydrogen-bond donors (Lipinski definition) is 1. The van der Waals surface area contributed by atoms with Gasteiger partial charge >= 0.3 is 5.91 Å². The first-order chi connectivity index (χ1) is 17.8. The quantitative estimate of drug-likeness (QED) is 0.120. The van der Waals surface area contributed by atoms with E-state index in [0.29, 0.717) is 22.4 Å². The van der Waals surface area contributed by atoms with E-state index in [0.717, 1.165) is 16.7 Å². The molecule has 2 heterocycles. The lowest BCUT2D eigenvalue weighted by Crippen LogP contribution is -2.29. The standard InChI is InChI=1S/C27H21N3O6S/c1-3-15-7-12-20-21(13-15)37-27(28-20)29-23(17-5-4-6-18(14-17)30(34)35)22(25(32)26(29)33)24(31)16-8-10-19(36-2)11-9-16/h4-14,23,31H,3H2,1-2H3/b24-22+/t23-/m1/s1. The Balaban J connectivity index is 1.72. The first kappa shape index (κ1) is 24.1. The Morgan fingerprint density at radius 1 is 1.14 bits per heavy atom. The van der Waals surface area contributed by atoms with E-state index in [4.69, 9.17) is 4.74 Å². The van der Waals surface area contributed by atoms with E-state index >= 15 is 0 Å². The second-order valence-electron chi connectivity index (χ2n) is 8.40. The molecule has 1 N–H and O–H groups in total. The van der Waals surface area contributed by atoms with Gasteiger partial charge in [-0.3, -0.25) is 24.6 Å². The Hall–Kier alpha value is -4.57. The number of non-ortho nitro benzene ring substituents is 1. The number of rotatable bonds is 6. The molecule has 0 bridgehead atoms. The summed E-state index contributed by atoms with van der Waals surface area (Å²) in [6, 6.07) is 16.7. The van der Waals surface area contributed by atoms with Crippen molar-refractivity contribution >= 4 is 49.8 Å². The summed E-state index contributed by atoms with van der Waals surface area (Å²) in [4.78, 5) is 43.5. The number of carbonyl (C=O) groups excluding carboxylic acids is 2. The largest absolute Gasteiger partial charge is 0.507 e. The van der Waals surface area contributed by atoms with Crippen molar-refractivity contribution in [1.82, 2.24) is 4.98 Å². The number of Topliss-reactive ketones (excluding diaryl/α,β-unsaturated/α-hetero) is 1. The lowest BCUT2D eigenvalue weighted by molar-refractivity contribution is -0.384. The van der Waals surface area contributed by atoms with Crippen molar-refractivity contribution in [2.75, 3.05) is 12.0 Å².